The zero-order valence-corrected chi connectivity index (χ0v) is 10.7. The van der Waals surface area contributed by atoms with Gasteiger partial charge in [-0.15, -0.1) is 4.91 Å². The minimum Gasteiger partial charge on any atom is -0.363 e. The van der Waals surface area contributed by atoms with Crippen molar-refractivity contribution in [3.05, 3.63) is 38.7 Å². The molecule has 1 aromatic carbocycles. The summed E-state index contributed by atoms with van der Waals surface area (Å²) in [5.74, 6) is 0. The highest BCUT2D eigenvalue weighted by atomic mass is 79.9. The molecule has 0 saturated heterocycles. The first kappa shape index (κ1) is 12.2. The normalized spacial score (nSPS) is 11.2. The topological polar surface area (TPSA) is 38.7 Å². The van der Waals surface area contributed by atoms with E-state index < -0.39 is 0 Å². The average molecular weight is 272 g/mol. The minimum atomic E-state index is -0.209. The summed E-state index contributed by atoms with van der Waals surface area (Å²) in [7, 11) is 0. The van der Waals surface area contributed by atoms with Crippen LogP contribution in [-0.4, -0.2) is 6.61 Å². The molecule has 0 fully saturated rings. The van der Waals surface area contributed by atoms with Crippen LogP contribution in [0.2, 0.25) is 0 Å². The summed E-state index contributed by atoms with van der Waals surface area (Å²) >= 11 is 3.45. The quantitative estimate of drug-likeness (QED) is 0.618. The molecule has 0 aromatic heterocycles. The smallest absolute Gasteiger partial charge is 0.155 e. The highest BCUT2D eigenvalue weighted by Crippen LogP contribution is 2.27. The third kappa shape index (κ3) is 3.02. The Morgan fingerprint density at radius 3 is 2.67 bits per heavy atom. The maximum atomic E-state index is 9.92. The van der Waals surface area contributed by atoms with Crippen molar-refractivity contribution < 1.29 is 4.84 Å². The number of aryl methyl sites for hydroxylation is 1. The summed E-state index contributed by atoms with van der Waals surface area (Å²) < 4.78 is 1.08. The molecule has 1 aromatic rings. The van der Waals surface area contributed by atoms with Crippen molar-refractivity contribution in [2.45, 2.75) is 26.2 Å². The van der Waals surface area contributed by atoms with Crippen LogP contribution in [0.3, 0.4) is 0 Å². The lowest BCUT2D eigenvalue weighted by Crippen LogP contribution is -2.23. The standard InChI is InChI=1S/C11H14BrNO2/c1-8-6-9(4-5-10(8)12)11(2,3)7-15-13-14/h4-6H,7H2,1-3H3. The van der Waals surface area contributed by atoms with Crippen molar-refractivity contribution in [2.75, 3.05) is 6.61 Å². The van der Waals surface area contributed by atoms with E-state index in [1.807, 2.05) is 32.9 Å². The molecule has 0 N–H and O–H groups in total. The Morgan fingerprint density at radius 2 is 2.13 bits per heavy atom. The van der Waals surface area contributed by atoms with Gasteiger partial charge >= 0.3 is 0 Å². The molecule has 0 heterocycles. The third-order valence-corrected chi connectivity index (χ3v) is 3.31. The fraction of sp³-hybridized carbons (Fsp3) is 0.455. The third-order valence-electron chi connectivity index (χ3n) is 2.42. The maximum absolute atomic E-state index is 9.92. The van der Waals surface area contributed by atoms with Gasteiger partial charge < -0.3 is 4.84 Å². The van der Waals surface area contributed by atoms with E-state index >= 15 is 0 Å². The average Bonchev–Trinajstić information content (AvgIpc) is 2.19. The number of rotatable bonds is 4. The van der Waals surface area contributed by atoms with Crippen LogP contribution in [0.25, 0.3) is 0 Å². The van der Waals surface area contributed by atoms with E-state index in [1.54, 1.807) is 0 Å². The van der Waals surface area contributed by atoms with Crippen molar-refractivity contribution in [1.82, 2.24) is 0 Å². The van der Waals surface area contributed by atoms with Crippen molar-refractivity contribution in [1.29, 1.82) is 0 Å². The monoisotopic (exact) mass is 271 g/mol. The molecule has 0 aliphatic carbocycles. The second-order valence-electron chi connectivity index (χ2n) is 4.20. The largest absolute Gasteiger partial charge is 0.363 e. The Hall–Kier alpha value is -0.900. The van der Waals surface area contributed by atoms with Gasteiger partial charge in [-0.1, -0.05) is 41.9 Å². The van der Waals surface area contributed by atoms with Crippen molar-refractivity contribution in [3.63, 3.8) is 0 Å². The van der Waals surface area contributed by atoms with Gasteiger partial charge in [-0.25, -0.2) is 0 Å². The lowest BCUT2D eigenvalue weighted by atomic mass is 9.85. The van der Waals surface area contributed by atoms with Crippen molar-refractivity contribution in [2.24, 2.45) is 5.34 Å². The van der Waals surface area contributed by atoms with E-state index in [2.05, 4.69) is 32.2 Å². The summed E-state index contributed by atoms with van der Waals surface area (Å²) in [6.07, 6.45) is 0. The van der Waals surface area contributed by atoms with Crippen LogP contribution in [0.4, 0.5) is 0 Å². The lowest BCUT2D eigenvalue weighted by molar-refractivity contribution is 0.0980. The summed E-state index contributed by atoms with van der Waals surface area (Å²) in [5, 5.41) is 2.43. The minimum absolute atomic E-state index is 0.209. The Balaban J connectivity index is 2.93. The second-order valence-corrected chi connectivity index (χ2v) is 5.05. The highest BCUT2D eigenvalue weighted by molar-refractivity contribution is 9.10. The number of benzene rings is 1. The first-order valence-corrected chi connectivity index (χ1v) is 5.48. The SMILES string of the molecule is Cc1cc(C(C)(C)CON=O)ccc1Br. The van der Waals surface area contributed by atoms with Crippen molar-refractivity contribution >= 4 is 15.9 Å². The molecule has 0 bridgehead atoms. The molecule has 4 heteroatoms. The summed E-state index contributed by atoms with van der Waals surface area (Å²) in [4.78, 5) is 14.5. The van der Waals surface area contributed by atoms with E-state index in [1.165, 1.54) is 5.56 Å². The molecule has 0 radical (unpaired) electrons. The van der Waals surface area contributed by atoms with Gasteiger partial charge in [-0.2, -0.15) is 0 Å². The van der Waals surface area contributed by atoms with Crippen LogP contribution in [0.1, 0.15) is 25.0 Å². The molecule has 0 amide bonds. The molecule has 15 heavy (non-hydrogen) atoms. The van der Waals surface area contributed by atoms with Gasteiger partial charge in [0.2, 0.25) is 0 Å². The van der Waals surface area contributed by atoms with Crippen molar-refractivity contribution in [3.8, 4) is 0 Å². The lowest BCUT2D eigenvalue weighted by Gasteiger charge is -2.23. The highest BCUT2D eigenvalue weighted by Gasteiger charge is 2.22. The fourth-order valence-corrected chi connectivity index (χ4v) is 1.58. The molecular formula is C11H14BrNO2. The van der Waals surface area contributed by atoms with Crippen LogP contribution in [0.15, 0.2) is 28.0 Å². The second kappa shape index (κ2) is 4.75. The number of hydrogen-bond acceptors (Lipinski definition) is 3. The molecule has 0 saturated carbocycles. The van der Waals surface area contributed by atoms with Gasteiger partial charge in [0.05, 0.1) is 0 Å². The van der Waals surface area contributed by atoms with Crippen LogP contribution >= 0.6 is 15.9 Å². The van der Waals surface area contributed by atoms with E-state index in [4.69, 9.17) is 0 Å². The molecule has 0 atom stereocenters. The Kier molecular flexibility index (Phi) is 3.85. The first-order valence-electron chi connectivity index (χ1n) is 4.68. The predicted molar refractivity (Wildman–Crippen MR) is 63.7 cm³/mol. The summed E-state index contributed by atoms with van der Waals surface area (Å²) in [6.45, 7) is 6.35. The Bertz CT molecular complexity index is 364. The zero-order valence-electron chi connectivity index (χ0n) is 9.08. The molecule has 0 aliphatic rings. The molecule has 0 spiro atoms. The van der Waals surface area contributed by atoms with E-state index in [0.29, 0.717) is 0 Å². The molecule has 0 unspecified atom stereocenters. The molecule has 3 nitrogen and oxygen atoms in total. The van der Waals surface area contributed by atoms with Crippen LogP contribution in [0.5, 0.6) is 0 Å². The van der Waals surface area contributed by atoms with Crippen LogP contribution in [-0.2, 0) is 10.3 Å². The number of nitrogens with zero attached hydrogens (tertiary/aromatic N) is 1. The summed E-state index contributed by atoms with van der Waals surface area (Å²) in [6, 6.07) is 6.10. The van der Waals surface area contributed by atoms with Gasteiger partial charge in [0.1, 0.15) is 6.61 Å². The maximum Gasteiger partial charge on any atom is 0.155 e. The van der Waals surface area contributed by atoms with Gasteiger partial charge in [0, 0.05) is 9.89 Å². The molecule has 1 rings (SSSR count). The zero-order chi connectivity index (χ0) is 11.5. The van der Waals surface area contributed by atoms with Gasteiger partial charge in [-0.05, 0) is 24.1 Å². The van der Waals surface area contributed by atoms with Gasteiger partial charge in [0.15, 0.2) is 5.34 Å². The van der Waals surface area contributed by atoms with E-state index in [-0.39, 0.29) is 12.0 Å². The fourth-order valence-electron chi connectivity index (χ4n) is 1.34. The first-order chi connectivity index (χ1) is 6.97. The van der Waals surface area contributed by atoms with E-state index in [9.17, 15) is 4.91 Å². The van der Waals surface area contributed by atoms with Crippen LogP contribution in [0, 0.1) is 11.8 Å². The molecule has 82 valence electrons. The van der Waals surface area contributed by atoms with Gasteiger partial charge in [0.25, 0.3) is 0 Å². The molecule has 0 aliphatic heterocycles. The Morgan fingerprint density at radius 1 is 1.47 bits per heavy atom. The van der Waals surface area contributed by atoms with Crippen LogP contribution < -0.4 is 0 Å². The Labute approximate surface area is 97.9 Å². The molecular weight excluding hydrogens is 258 g/mol. The number of hydrogen-bond donors (Lipinski definition) is 0. The predicted octanol–water partition coefficient (Wildman–Crippen LogP) is 3.73. The van der Waals surface area contributed by atoms with E-state index in [0.717, 1.165) is 10.0 Å². The van der Waals surface area contributed by atoms with Gasteiger partial charge in [-0.3, -0.25) is 0 Å². The summed E-state index contributed by atoms with van der Waals surface area (Å²) in [5.41, 5.74) is 2.09. The number of halogens is 1.